The number of benzene rings is 1. The molecule has 1 fully saturated rings. The zero-order chi connectivity index (χ0) is 33.5. The van der Waals surface area contributed by atoms with Gasteiger partial charge >= 0.3 is 12.1 Å². The number of halogens is 3. The van der Waals surface area contributed by atoms with Gasteiger partial charge in [-0.25, -0.2) is 4.79 Å². The number of amides is 1. The predicted octanol–water partition coefficient (Wildman–Crippen LogP) is 2.14. The van der Waals surface area contributed by atoms with Crippen molar-refractivity contribution >= 4 is 39.7 Å². The van der Waals surface area contributed by atoms with E-state index >= 15 is 0 Å². The van der Waals surface area contributed by atoms with Crippen LogP contribution in [0.2, 0.25) is 0 Å². The maximum Gasteiger partial charge on any atom is 0.418 e. The van der Waals surface area contributed by atoms with Gasteiger partial charge in [0, 0.05) is 72.4 Å². The molecule has 0 bridgehead atoms. The maximum absolute atomic E-state index is 13.6. The first kappa shape index (κ1) is 38.5. The lowest BCUT2D eigenvalue weighted by atomic mass is 10.1. The average Bonchev–Trinajstić information content (AvgIpc) is 2.82. The van der Waals surface area contributed by atoms with Crippen LogP contribution < -0.4 is 5.32 Å². The molecular weight excluding hydrogens is 652 g/mol. The van der Waals surface area contributed by atoms with Crippen LogP contribution in [-0.2, 0) is 24.7 Å². The molecule has 1 aliphatic heterocycles. The SMILES string of the molecule is CP(=O)(O)CN1CCN(CC(=O)Nc2ccc(C(=O)O)cc2C(F)(F)F)CCN(CP(C)(=O)O)CCN(CP(C)(=O)O)CC1. The van der Waals surface area contributed by atoms with Gasteiger partial charge in [0.15, 0.2) is 0 Å². The molecule has 0 spiro atoms. The normalized spacial score (nSPS) is 21.7. The number of carboxylic acid groups (broad SMARTS) is 1. The summed E-state index contributed by atoms with van der Waals surface area (Å²) in [5.41, 5.74) is -2.56. The highest BCUT2D eigenvalue weighted by molar-refractivity contribution is 7.57. The Labute approximate surface area is 254 Å². The molecule has 1 heterocycles. The first-order valence-electron chi connectivity index (χ1n) is 13.5. The molecule has 1 saturated heterocycles. The maximum atomic E-state index is 13.6. The zero-order valence-corrected chi connectivity index (χ0v) is 27.5. The van der Waals surface area contributed by atoms with Gasteiger partial charge in [-0.3, -0.25) is 38.1 Å². The van der Waals surface area contributed by atoms with Gasteiger partial charge in [0.05, 0.1) is 42.2 Å². The molecular formula is C24H41F3N5O9P3. The van der Waals surface area contributed by atoms with Crippen molar-refractivity contribution in [1.29, 1.82) is 0 Å². The van der Waals surface area contributed by atoms with Crippen molar-refractivity contribution in [2.75, 3.05) is 103 Å². The minimum Gasteiger partial charge on any atom is -0.478 e. The number of hydrogen-bond acceptors (Lipinski definition) is 9. The summed E-state index contributed by atoms with van der Waals surface area (Å²) >= 11 is 0. The Morgan fingerprint density at radius 2 is 1.11 bits per heavy atom. The summed E-state index contributed by atoms with van der Waals surface area (Å²) in [5.74, 6) is -2.40. The first-order valence-corrected chi connectivity index (χ1v) is 20.4. The third kappa shape index (κ3) is 15.1. The highest BCUT2D eigenvalue weighted by Gasteiger charge is 2.35. The monoisotopic (exact) mass is 693 g/mol. The van der Waals surface area contributed by atoms with Crippen LogP contribution in [0.25, 0.3) is 0 Å². The highest BCUT2D eigenvalue weighted by Crippen LogP contribution is 2.38. The quantitative estimate of drug-likeness (QED) is 0.224. The summed E-state index contributed by atoms with van der Waals surface area (Å²) in [6, 6.07) is 2.22. The average molecular weight is 694 g/mol. The molecule has 0 aromatic heterocycles. The molecule has 0 aliphatic carbocycles. The lowest BCUT2D eigenvalue weighted by Crippen LogP contribution is -2.47. The molecule has 1 aromatic rings. The number of aromatic carboxylic acids is 1. The minimum absolute atomic E-state index is 0.126. The summed E-state index contributed by atoms with van der Waals surface area (Å²) in [6.45, 7) is 4.67. The number of carbonyl (C=O) groups is 2. The third-order valence-electron chi connectivity index (χ3n) is 6.53. The predicted molar refractivity (Wildman–Crippen MR) is 160 cm³/mol. The summed E-state index contributed by atoms with van der Waals surface area (Å²) < 4.78 is 77.6. The summed E-state index contributed by atoms with van der Waals surface area (Å²) in [5, 5.41) is 11.3. The van der Waals surface area contributed by atoms with Crippen LogP contribution in [-0.4, -0.2) is 149 Å². The number of anilines is 1. The molecule has 0 radical (unpaired) electrons. The Bertz CT molecular complexity index is 1260. The van der Waals surface area contributed by atoms with E-state index in [1.807, 2.05) is 0 Å². The number of nitrogens with zero attached hydrogens (tertiary/aromatic N) is 4. The molecule has 1 aromatic carbocycles. The molecule has 1 amide bonds. The molecule has 0 saturated carbocycles. The van der Waals surface area contributed by atoms with E-state index in [1.165, 1.54) is 20.0 Å². The number of alkyl halides is 3. The van der Waals surface area contributed by atoms with Crippen LogP contribution in [0.1, 0.15) is 15.9 Å². The molecule has 5 N–H and O–H groups in total. The molecule has 44 heavy (non-hydrogen) atoms. The molecule has 1 aliphatic rings. The second kappa shape index (κ2) is 15.8. The van der Waals surface area contributed by atoms with Gasteiger partial charge in [-0.05, 0) is 18.2 Å². The lowest BCUT2D eigenvalue weighted by molar-refractivity contribution is -0.137. The number of rotatable bonds is 10. The molecule has 252 valence electrons. The Morgan fingerprint density at radius 1 is 0.750 bits per heavy atom. The lowest BCUT2D eigenvalue weighted by Gasteiger charge is -2.34. The van der Waals surface area contributed by atoms with E-state index in [1.54, 1.807) is 19.6 Å². The van der Waals surface area contributed by atoms with E-state index in [2.05, 4.69) is 5.32 Å². The summed E-state index contributed by atoms with van der Waals surface area (Å²) in [7, 11) is -10.6. The van der Waals surface area contributed by atoms with Gasteiger partial charge < -0.3 is 25.1 Å². The number of carboxylic acids is 1. The second-order valence-corrected chi connectivity index (χ2v) is 18.5. The van der Waals surface area contributed by atoms with Crippen molar-refractivity contribution in [3.05, 3.63) is 29.3 Å². The molecule has 3 atom stereocenters. The van der Waals surface area contributed by atoms with Gasteiger partial charge in [0.2, 0.25) is 28.0 Å². The second-order valence-electron chi connectivity index (χ2n) is 11.3. The standard InChI is InChI=1S/C24H41F3N5O9P3/c1-42(36,37)16-30-8-6-29(15-22(33)28-21-5-4-19(23(34)35)14-20(21)24(25,26)27)7-9-31(17-43(2,38)39)11-13-32(12-10-30)18-44(3,40)41/h4-5,14H,6-13,15-18H2,1-3H3,(H,28,33)(H,34,35)(H,36,37)(H,38,39)(H,40,41). The van der Waals surface area contributed by atoms with Crippen molar-refractivity contribution in [1.82, 2.24) is 19.6 Å². The fourth-order valence-electron chi connectivity index (χ4n) is 4.69. The van der Waals surface area contributed by atoms with Gasteiger partial charge in [-0.1, -0.05) is 0 Å². The van der Waals surface area contributed by atoms with Crippen LogP contribution in [0.15, 0.2) is 18.2 Å². The minimum atomic E-state index is -4.95. The van der Waals surface area contributed by atoms with Gasteiger partial charge in [-0.2, -0.15) is 13.2 Å². The Balaban J connectivity index is 2.31. The smallest absolute Gasteiger partial charge is 0.418 e. The van der Waals surface area contributed by atoms with Crippen molar-refractivity contribution < 1.29 is 56.2 Å². The molecule has 14 nitrogen and oxygen atoms in total. The van der Waals surface area contributed by atoms with Crippen molar-refractivity contribution in [2.45, 2.75) is 6.18 Å². The molecule has 2 rings (SSSR count). The van der Waals surface area contributed by atoms with E-state index in [4.69, 9.17) is 5.11 Å². The van der Waals surface area contributed by atoms with Crippen molar-refractivity contribution in [3.63, 3.8) is 0 Å². The van der Waals surface area contributed by atoms with Crippen LogP contribution in [0.5, 0.6) is 0 Å². The summed E-state index contributed by atoms with van der Waals surface area (Å²) in [4.78, 5) is 60.8. The van der Waals surface area contributed by atoms with Crippen LogP contribution >= 0.6 is 22.1 Å². The molecule has 3 unspecified atom stereocenters. The van der Waals surface area contributed by atoms with Crippen molar-refractivity contribution in [2.24, 2.45) is 0 Å². The fourth-order valence-corrected chi connectivity index (χ4v) is 7.76. The van der Waals surface area contributed by atoms with E-state index < -0.39 is 63.5 Å². The van der Waals surface area contributed by atoms with E-state index in [0.717, 1.165) is 12.1 Å². The van der Waals surface area contributed by atoms with Gasteiger partial charge in [0.25, 0.3) is 0 Å². The van der Waals surface area contributed by atoms with Crippen molar-refractivity contribution in [3.8, 4) is 0 Å². The third-order valence-corrected chi connectivity index (χ3v) is 9.30. The Kier molecular flexibility index (Phi) is 13.8. The Morgan fingerprint density at radius 3 is 1.43 bits per heavy atom. The van der Waals surface area contributed by atoms with Crippen LogP contribution in [0.3, 0.4) is 0 Å². The van der Waals surface area contributed by atoms with Gasteiger partial charge in [0.1, 0.15) is 0 Å². The van der Waals surface area contributed by atoms with E-state index in [-0.39, 0.29) is 71.2 Å². The fraction of sp³-hybridized carbons (Fsp3) is 0.667. The largest absolute Gasteiger partial charge is 0.478 e. The van der Waals surface area contributed by atoms with Crippen LogP contribution in [0.4, 0.5) is 18.9 Å². The van der Waals surface area contributed by atoms with Gasteiger partial charge in [-0.15, -0.1) is 0 Å². The zero-order valence-electron chi connectivity index (χ0n) is 24.8. The van der Waals surface area contributed by atoms with E-state index in [9.17, 15) is 51.1 Å². The first-order chi connectivity index (χ1) is 20.0. The summed E-state index contributed by atoms with van der Waals surface area (Å²) in [6.07, 6.45) is -5.51. The Hall–Kier alpha value is -1.64. The van der Waals surface area contributed by atoms with E-state index in [0.29, 0.717) is 6.07 Å². The number of nitrogens with one attached hydrogen (secondary N) is 1. The highest BCUT2D eigenvalue weighted by atomic mass is 31.2. The number of carbonyl (C=O) groups excluding carboxylic acids is 1. The van der Waals surface area contributed by atoms with Crippen LogP contribution in [0, 0.1) is 0 Å². The topological polar surface area (TPSA) is 191 Å². The number of hydrogen-bond donors (Lipinski definition) is 5. The molecule has 20 heteroatoms.